The Bertz CT molecular complexity index is 427. The number of rotatable bonds is 4. The molecule has 3 N–H and O–H groups in total. The van der Waals surface area contributed by atoms with Gasteiger partial charge in [-0.05, 0) is 24.8 Å². The van der Waals surface area contributed by atoms with Gasteiger partial charge < -0.3 is 10.3 Å². The number of nitrogens with zero attached hydrogens (tertiary/aromatic N) is 2. The number of likely N-dealkylation sites (tertiary alicyclic amines) is 1. The lowest BCUT2D eigenvalue weighted by molar-refractivity contribution is 0.0687. The van der Waals surface area contributed by atoms with E-state index in [1.807, 2.05) is 4.90 Å². The Labute approximate surface area is 114 Å². The van der Waals surface area contributed by atoms with Crippen LogP contribution in [0, 0.1) is 5.92 Å². The summed E-state index contributed by atoms with van der Waals surface area (Å²) in [5.74, 6) is 6.23. The molecule has 1 aliphatic rings. The minimum Gasteiger partial charge on any atom is -0.339 e. The maximum Gasteiger partial charge on any atom is 0.257 e. The monoisotopic (exact) mass is 262 g/mol. The van der Waals surface area contributed by atoms with Crippen molar-refractivity contribution in [3.63, 3.8) is 0 Å². The number of hydrogen-bond acceptors (Lipinski definition) is 4. The van der Waals surface area contributed by atoms with Gasteiger partial charge in [0.25, 0.3) is 5.91 Å². The van der Waals surface area contributed by atoms with E-state index in [-0.39, 0.29) is 5.91 Å². The van der Waals surface area contributed by atoms with Gasteiger partial charge in [-0.1, -0.05) is 19.8 Å². The first kappa shape index (κ1) is 13.8. The van der Waals surface area contributed by atoms with E-state index >= 15 is 0 Å². The van der Waals surface area contributed by atoms with Crippen LogP contribution in [0.2, 0.25) is 0 Å². The number of aromatic nitrogens is 1. The largest absolute Gasteiger partial charge is 0.339 e. The van der Waals surface area contributed by atoms with Crippen molar-refractivity contribution in [1.29, 1.82) is 0 Å². The van der Waals surface area contributed by atoms with Crippen molar-refractivity contribution in [1.82, 2.24) is 9.88 Å². The quantitative estimate of drug-likeness (QED) is 0.643. The van der Waals surface area contributed by atoms with E-state index in [1.165, 1.54) is 12.8 Å². The molecule has 0 radical (unpaired) electrons. The second kappa shape index (κ2) is 6.52. The van der Waals surface area contributed by atoms with Gasteiger partial charge in [-0.2, -0.15) is 0 Å². The maximum atomic E-state index is 12.4. The summed E-state index contributed by atoms with van der Waals surface area (Å²) in [4.78, 5) is 18.4. The number of piperidine rings is 1. The molecule has 0 atom stereocenters. The summed E-state index contributed by atoms with van der Waals surface area (Å²) in [5.41, 5.74) is 3.75. The van der Waals surface area contributed by atoms with E-state index in [0.29, 0.717) is 11.3 Å². The van der Waals surface area contributed by atoms with Gasteiger partial charge in [0.05, 0.1) is 11.3 Å². The first-order valence-corrected chi connectivity index (χ1v) is 6.96. The van der Waals surface area contributed by atoms with Crippen LogP contribution in [0.4, 0.5) is 5.69 Å². The summed E-state index contributed by atoms with van der Waals surface area (Å²) in [6.07, 6.45) is 7.90. The zero-order valence-corrected chi connectivity index (χ0v) is 11.4. The number of carbonyl (C=O) groups excluding carboxylic acids is 1. The molecule has 1 aromatic heterocycles. The van der Waals surface area contributed by atoms with Crippen LogP contribution < -0.4 is 11.3 Å². The van der Waals surface area contributed by atoms with E-state index in [9.17, 15) is 4.79 Å². The molecular formula is C14H22N4O. The number of nitrogens with two attached hydrogens (primary N) is 1. The number of carbonyl (C=O) groups is 1. The summed E-state index contributed by atoms with van der Waals surface area (Å²) in [6.45, 7) is 3.89. The minimum atomic E-state index is 0.0241. The summed E-state index contributed by atoms with van der Waals surface area (Å²) in [7, 11) is 0. The Balaban J connectivity index is 2.01. The van der Waals surface area contributed by atoms with Crippen LogP contribution >= 0.6 is 0 Å². The highest BCUT2D eigenvalue weighted by Crippen LogP contribution is 2.24. The maximum absolute atomic E-state index is 12.4. The molecular weight excluding hydrogens is 240 g/mol. The summed E-state index contributed by atoms with van der Waals surface area (Å²) in [5, 5.41) is 0. The van der Waals surface area contributed by atoms with E-state index in [2.05, 4.69) is 17.3 Å². The topological polar surface area (TPSA) is 71.2 Å². The van der Waals surface area contributed by atoms with Crippen molar-refractivity contribution in [2.24, 2.45) is 11.8 Å². The third-order valence-corrected chi connectivity index (χ3v) is 3.81. The molecule has 1 fully saturated rings. The van der Waals surface area contributed by atoms with Crippen LogP contribution in [0.3, 0.4) is 0 Å². The Morgan fingerprint density at radius 3 is 2.89 bits per heavy atom. The molecule has 1 aromatic rings. The van der Waals surface area contributed by atoms with Crippen LogP contribution in [0.5, 0.6) is 0 Å². The number of nitrogen functional groups attached to an aromatic ring is 1. The molecule has 2 heterocycles. The van der Waals surface area contributed by atoms with Crippen LogP contribution in [0.25, 0.3) is 0 Å². The van der Waals surface area contributed by atoms with Gasteiger partial charge in [-0.15, -0.1) is 0 Å². The molecule has 19 heavy (non-hydrogen) atoms. The highest BCUT2D eigenvalue weighted by atomic mass is 16.2. The van der Waals surface area contributed by atoms with Crippen LogP contribution in [-0.2, 0) is 0 Å². The Hall–Kier alpha value is -1.62. The van der Waals surface area contributed by atoms with Crippen molar-refractivity contribution < 1.29 is 4.79 Å². The number of amides is 1. The van der Waals surface area contributed by atoms with Gasteiger partial charge in [0.2, 0.25) is 0 Å². The second-order valence-corrected chi connectivity index (χ2v) is 5.09. The molecule has 0 aliphatic carbocycles. The Kier molecular flexibility index (Phi) is 4.74. The minimum absolute atomic E-state index is 0.0241. The fraction of sp³-hybridized carbons (Fsp3) is 0.571. The second-order valence-electron chi connectivity index (χ2n) is 5.09. The smallest absolute Gasteiger partial charge is 0.257 e. The first-order valence-electron chi connectivity index (χ1n) is 6.96. The SMILES string of the molecule is CCCC1CCN(C(=O)c2cnccc2NN)CC1. The number of nitrogens with one attached hydrogen (secondary N) is 1. The average molecular weight is 262 g/mol. The molecule has 1 aliphatic heterocycles. The molecule has 1 saturated heterocycles. The first-order chi connectivity index (χ1) is 9.26. The van der Waals surface area contributed by atoms with Crippen LogP contribution in [-0.4, -0.2) is 28.9 Å². The molecule has 0 aromatic carbocycles. The van der Waals surface area contributed by atoms with Crippen molar-refractivity contribution in [3.8, 4) is 0 Å². The molecule has 104 valence electrons. The lowest BCUT2D eigenvalue weighted by atomic mass is 9.92. The van der Waals surface area contributed by atoms with Crippen LogP contribution in [0.15, 0.2) is 18.5 Å². The van der Waals surface area contributed by atoms with Crippen molar-refractivity contribution in [2.45, 2.75) is 32.6 Å². The lowest BCUT2D eigenvalue weighted by Crippen LogP contribution is -2.38. The Morgan fingerprint density at radius 2 is 2.26 bits per heavy atom. The summed E-state index contributed by atoms with van der Waals surface area (Å²) >= 11 is 0. The molecule has 0 unspecified atom stereocenters. The zero-order valence-electron chi connectivity index (χ0n) is 11.4. The van der Waals surface area contributed by atoms with Crippen LogP contribution in [0.1, 0.15) is 43.0 Å². The average Bonchev–Trinajstić information content (AvgIpc) is 2.47. The fourth-order valence-corrected chi connectivity index (χ4v) is 2.69. The van der Waals surface area contributed by atoms with E-state index in [1.54, 1.807) is 18.5 Å². The molecule has 0 spiro atoms. The summed E-state index contributed by atoms with van der Waals surface area (Å²) < 4.78 is 0. The van der Waals surface area contributed by atoms with Crippen molar-refractivity contribution >= 4 is 11.6 Å². The number of hydrazine groups is 1. The number of pyridine rings is 1. The summed E-state index contributed by atoms with van der Waals surface area (Å²) in [6, 6.07) is 1.72. The van der Waals surface area contributed by atoms with E-state index in [4.69, 9.17) is 5.84 Å². The van der Waals surface area contributed by atoms with Crippen molar-refractivity contribution in [2.75, 3.05) is 18.5 Å². The van der Waals surface area contributed by atoms with E-state index in [0.717, 1.165) is 31.8 Å². The normalized spacial score (nSPS) is 16.4. The molecule has 2 rings (SSSR count). The van der Waals surface area contributed by atoms with Gasteiger partial charge in [0, 0.05) is 25.5 Å². The van der Waals surface area contributed by atoms with Gasteiger partial charge in [0.1, 0.15) is 0 Å². The number of anilines is 1. The molecule has 0 bridgehead atoms. The van der Waals surface area contributed by atoms with Gasteiger partial charge in [-0.3, -0.25) is 15.6 Å². The third-order valence-electron chi connectivity index (χ3n) is 3.81. The van der Waals surface area contributed by atoms with E-state index < -0.39 is 0 Å². The highest BCUT2D eigenvalue weighted by Gasteiger charge is 2.24. The molecule has 0 saturated carbocycles. The molecule has 5 heteroatoms. The van der Waals surface area contributed by atoms with Gasteiger partial charge >= 0.3 is 0 Å². The fourth-order valence-electron chi connectivity index (χ4n) is 2.69. The molecule has 1 amide bonds. The van der Waals surface area contributed by atoms with Gasteiger partial charge in [-0.25, -0.2) is 0 Å². The van der Waals surface area contributed by atoms with Gasteiger partial charge in [0.15, 0.2) is 0 Å². The third kappa shape index (κ3) is 3.23. The molecule has 5 nitrogen and oxygen atoms in total. The zero-order chi connectivity index (χ0) is 13.7. The highest BCUT2D eigenvalue weighted by molar-refractivity contribution is 5.99. The lowest BCUT2D eigenvalue weighted by Gasteiger charge is -2.32. The predicted octanol–water partition coefficient (Wildman–Crippen LogP) is 2.02. The number of hydrogen-bond donors (Lipinski definition) is 2. The Morgan fingerprint density at radius 1 is 1.53 bits per heavy atom. The standard InChI is InChI=1S/C14H22N4O/c1-2-3-11-5-8-18(9-6-11)14(19)12-10-16-7-4-13(12)17-15/h4,7,10-11H,2-3,5-6,8-9,15H2,1H3,(H,16,17). The predicted molar refractivity (Wildman–Crippen MR) is 75.6 cm³/mol. The van der Waals surface area contributed by atoms with Crippen molar-refractivity contribution in [3.05, 3.63) is 24.0 Å².